The molecule has 3 aromatic heterocycles. The number of nitrogens with one attached hydrogen (secondary N) is 1. The second-order valence-electron chi connectivity index (χ2n) is 7.68. The van der Waals surface area contributed by atoms with Gasteiger partial charge in [-0.25, -0.2) is 4.39 Å². The van der Waals surface area contributed by atoms with E-state index in [-0.39, 0.29) is 5.82 Å². The van der Waals surface area contributed by atoms with E-state index in [0.717, 1.165) is 28.1 Å². The molecule has 0 aliphatic carbocycles. The van der Waals surface area contributed by atoms with Crippen LogP contribution < -0.4 is 0 Å². The summed E-state index contributed by atoms with van der Waals surface area (Å²) in [6.07, 6.45) is 4.60. The molecule has 6 heteroatoms. The number of hydrogen-bond donors (Lipinski definition) is 2. The van der Waals surface area contributed by atoms with Crippen molar-refractivity contribution in [3.05, 3.63) is 78.0 Å². The quantitative estimate of drug-likeness (QED) is 0.426. The minimum absolute atomic E-state index is 0.357. The van der Waals surface area contributed by atoms with Gasteiger partial charge in [0.25, 0.3) is 0 Å². The van der Waals surface area contributed by atoms with Gasteiger partial charge in [-0.05, 0) is 55.7 Å². The van der Waals surface area contributed by atoms with E-state index in [9.17, 15) is 9.50 Å². The molecule has 0 spiro atoms. The second kappa shape index (κ2) is 8.40. The normalized spacial score (nSPS) is 11.6. The number of hydrogen-bond acceptors (Lipinski definition) is 4. The third-order valence-electron chi connectivity index (χ3n) is 5.80. The monoisotopic (exact) mass is 416 g/mol. The highest BCUT2D eigenvalue weighted by molar-refractivity contribution is 5.81. The van der Waals surface area contributed by atoms with Crippen LogP contribution in [0.4, 0.5) is 4.39 Å². The van der Waals surface area contributed by atoms with Gasteiger partial charge in [0.15, 0.2) is 0 Å². The molecule has 3 heterocycles. The standard InChI is InChI=1S/C25H25FN4O/c1-4-25(31,5-2)18-10-12-22(27-14-18)19-13-17(9-11-21(19)26)20-15-28-30-24(20)23-8-6-7-16(3)29-23/h6-15,31H,4-5H2,1-3H3,(H,28,30). The third-order valence-corrected chi connectivity index (χ3v) is 5.80. The Hall–Kier alpha value is -3.38. The molecule has 0 atom stereocenters. The number of aromatic nitrogens is 4. The van der Waals surface area contributed by atoms with E-state index >= 15 is 0 Å². The summed E-state index contributed by atoms with van der Waals surface area (Å²) >= 11 is 0. The zero-order valence-electron chi connectivity index (χ0n) is 17.9. The molecule has 5 nitrogen and oxygen atoms in total. The van der Waals surface area contributed by atoms with Gasteiger partial charge in [-0.3, -0.25) is 15.1 Å². The van der Waals surface area contributed by atoms with Crippen LogP contribution in [0.2, 0.25) is 0 Å². The number of aromatic amines is 1. The van der Waals surface area contributed by atoms with E-state index < -0.39 is 5.60 Å². The van der Waals surface area contributed by atoms with Gasteiger partial charge in [0, 0.05) is 34.8 Å². The first-order chi connectivity index (χ1) is 14.9. The summed E-state index contributed by atoms with van der Waals surface area (Å²) in [4.78, 5) is 9.01. The Kier molecular flexibility index (Phi) is 5.65. The lowest BCUT2D eigenvalue weighted by Crippen LogP contribution is -2.23. The Morgan fingerprint density at radius 3 is 2.48 bits per heavy atom. The first-order valence-corrected chi connectivity index (χ1v) is 10.4. The van der Waals surface area contributed by atoms with E-state index in [1.165, 1.54) is 6.07 Å². The predicted octanol–water partition coefficient (Wildman–Crippen LogP) is 5.66. The van der Waals surface area contributed by atoms with Crippen molar-refractivity contribution >= 4 is 0 Å². The fourth-order valence-electron chi connectivity index (χ4n) is 3.76. The van der Waals surface area contributed by atoms with Gasteiger partial charge in [-0.1, -0.05) is 32.0 Å². The van der Waals surface area contributed by atoms with Crippen LogP contribution in [0.25, 0.3) is 33.8 Å². The van der Waals surface area contributed by atoms with Crippen molar-refractivity contribution < 1.29 is 9.50 Å². The van der Waals surface area contributed by atoms with Crippen LogP contribution in [0.3, 0.4) is 0 Å². The molecule has 158 valence electrons. The Morgan fingerprint density at radius 1 is 1.00 bits per heavy atom. The summed E-state index contributed by atoms with van der Waals surface area (Å²) < 4.78 is 14.7. The van der Waals surface area contributed by atoms with Crippen molar-refractivity contribution in [1.82, 2.24) is 20.2 Å². The second-order valence-corrected chi connectivity index (χ2v) is 7.68. The van der Waals surface area contributed by atoms with Crippen molar-refractivity contribution in [2.24, 2.45) is 0 Å². The number of aliphatic hydroxyl groups is 1. The molecule has 0 unspecified atom stereocenters. The Morgan fingerprint density at radius 2 is 1.81 bits per heavy atom. The highest BCUT2D eigenvalue weighted by Crippen LogP contribution is 2.34. The van der Waals surface area contributed by atoms with Crippen molar-refractivity contribution in [2.45, 2.75) is 39.2 Å². The minimum Gasteiger partial charge on any atom is -0.385 e. The maximum atomic E-state index is 14.7. The van der Waals surface area contributed by atoms with Gasteiger partial charge >= 0.3 is 0 Å². The Labute approximate surface area is 181 Å². The van der Waals surface area contributed by atoms with Crippen LogP contribution in [0.15, 0.2) is 60.9 Å². The molecule has 0 bridgehead atoms. The van der Waals surface area contributed by atoms with Crippen LogP contribution in [0.5, 0.6) is 0 Å². The number of rotatable bonds is 6. The van der Waals surface area contributed by atoms with Crippen LogP contribution >= 0.6 is 0 Å². The minimum atomic E-state index is -0.918. The molecule has 0 saturated carbocycles. The fourth-order valence-corrected chi connectivity index (χ4v) is 3.76. The molecule has 0 aliphatic rings. The van der Waals surface area contributed by atoms with E-state index in [1.54, 1.807) is 30.6 Å². The maximum absolute atomic E-state index is 14.7. The molecule has 4 rings (SSSR count). The van der Waals surface area contributed by atoms with Gasteiger partial charge < -0.3 is 5.11 Å². The molecule has 0 amide bonds. The highest BCUT2D eigenvalue weighted by atomic mass is 19.1. The number of benzene rings is 1. The van der Waals surface area contributed by atoms with Crippen molar-refractivity contribution in [3.8, 4) is 33.8 Å². The Bertz CT molecular complexity index is 1200. The van der Waals surface area contributed by atoms with Crippen LogP contribution in [-0.4, -0.2) is 25.3 Å². The first-order valence-electron chi connectivity index (χ1n) is 10.4. The fraction of sp³-hybridized carbons (Fsp3) is 0.240. The van der Waals surface area contributed by atoms with Crippen molar-refractivity contribution in [1.29, 1.82) is 0 Å². The van der Waals surface area contributed by atoms with Gasteiger partial charge in [0.1, 0.15) is 11.5 Å². The summed E-state index contributed by atoms with van der Waals surface area (Å²) in [6, 6.07) is 14.3. The number of halogens is 1. The molecule has 4 aromatic rings. The van der Waals surface area contributed by atoms with E-state index in [2.05, 4.69) is 20.2 Å². The van der Waals surface area contributed by atoms with Crippen molar-refractivity contribution in [3.63, 3.8) is 0 Å². The number of aryl methyl sites for hydroxylation is 1. The number of pyridine rings is 2. The molecule has 0 fully saturated rings. The predicted molar refractivity (Wildman–Crippen MR) is 120 cm³/mol. The van der Waals surface area contributed by atoms with E-state index in [0.29, 0.717) is 29.8 Å². The average Bonchev–Trinajstić information content (AvgIpc) is 3.29. The lowest BCUT2D eigenvalue weighted by atomic mass is 9.89. The SMILES string of the molecule is CCC(O)(CC)c1ccc(-c2cc(-c3c[nH]nc3-c3cccc(C)n3)ccc2F)nc1. The van der Waals surface area contributed by atoms with Gasteiger partial charge in [-0.15, -0.1) is 0 Å². The van der Waals surface area contributed by atoms with Crippen LogP contribution in [-0.2, 0) is 5.60 Å². The molecule has 2 N–H and O–H groups in total. The lowest BCUT2D eigenvalue weighted by molar-refractivity contribution is 0.0281. The third kappa shape index (κ3) is 3.99. The molecule has 0 saturated heterocycles. The summed E-state index contributed by atoms with van der Waals surface area (Å²) in [5, 5.41) is 18.0. The Balaban J connectivity index is 1.74. The van der Waals surface area contributed by atoms with Crippen LogP contribution in [0, 0.1) is 12.7 Å². The van der Waals surface area contributed by atoms with Gasteiger partial charge in [0.2, 0.25) is 0 Å². The molecule has 0 aliphatic heterocycles. The highest BCUT2D eigenvalue weighted by Gasteiger charge is 2.25. The molecular weight excluding hydrogens is 391 g/mol. The summed E-state index contributed by atoms with van der Waals surface area (Å²) in [5.41, 5.74) is 4.73. The summed E-state index contributed by atoms with van der Waals surface area (Å²) in [5.74, 6) is -0.357. The molecular formula is C25H25FN4O. The van der Waals surface area contributed by atoms with Crippen molar-refractivity contribution in [2.75, 3.05) is 0 Å². The number of nitrogens with zero attached hydrogens (tertiary/aromatic N) is 3. The van der Waals surface area contributed by atoms with Crippen LogP contribution in [0.1, 0.15) is 37.9 Å². The topological polar surface area (TPSA) is 74.7 Å². The number of H-pyrrole nitrogens is 1. The van der Waals surface area contributed by atoms with Gasteiger partial charge in [-0.2, -0.15) is 5.10 Å². The van der Waals surface area contributed by atoms with E-state index in [1.807, 2.05) is 45.0 Å². The molecule has 0 radical (unpaired) electrons. The lowest BCUT2D eigenvalue weighted by Gasteiger charge is -2.25. The first kappa shape index (κ1) is 20.9. The maximum Gasteiger partial charge on any atom is 0.132 e. The molecule has 31 heavy (non-hydrogen) atoms. The van der Waals surface area contributed by atoms with E-state index in [4.69, 9.17) is 0 Å². The average molecular weight is 417 g/mol. The summed E-state index contributed by atoms with van der Waals surface area (Å²) in [6.45, 7) is 5.80. The zero-order valence-corrected chi connectivity index (χ0v) is 17.9. The van der Waals surface area contributed by atoms with Gasteiger partial charge in [0.05, 0.1) is 17.0 Å². The molecule has 1 aromatic carbocycles. The largest absolute Gasteiger partial charge is 0.385 e. The zero-order chi connectivity index (χ0) is 22.0. The summed E-state index contributed by atoms with van der Waals surface area (Å²) in [7, 11) is 0. The smallest absolute Gasteiger partial charge is 0.132 e.